The zero-order valence-electron chi connectivity index (χ0n) is 14.7. The monoisotopic (exact) mass is 392 g/mol. The molecule has 0 radical (unpaired) electrons. The van der Waals surface area contributed by atoms with Crippen molar-refractivity contribution in [2.75, 3.05) is 38.0 Å². The van der Waals surface area contributed by atoms with Crippen LogP contribution in [-0.2, 0) is 11.3 Å². The number of piperazine rings is 1. The lowest BCUT2D eigenvalue weighted by Crippen LogP contribution is -2.48. The number of carbonyl (C=O) groups is 1. The van der Waals surface area contributed by atoms with E-state index in [1.165, 1.54) is 11.1 Å². The molecule has 0 spiro atoms. The normalized spacial score (nSPS) is 15.8. The van der Waals surface area contributed by atoms with Crippen LogP contribution in [-0.4, -0.2) is 53.4 Å². The zero-order chi connectivity index (χ0) is 18.5. The molecule has 1 amide bonds. The van der Waals surface area contributed by atoms with Crippen molar-refractivity contribution in [1.82, 2.24) is 14.8 Å². The van der Waals surface area contributed by atoms with Gasteiger partial charge >= 0.3 is 0 Å². The molecule has 1 aliphatic heterocycles. The first kappa shape index (κ1) is 19.1. The van der Waals surface area contributed by atoms with Gasteiger partial charge in [0.05, 0.1) is 22.3 Å². The Bertz CT molecular complexity index is 776. The number of nitrogens with one attached hydrogen (secondary N) is 1. The zero-order valence-corrected chi connectivity index (χ0v) is 16.2. The number of rotatable bonds is 5. The number of aromatic nitrogens is 1. The lowest BCUT2D eigenvalue weighted by Gasteiger charge is -2.34. The third-order valence-electron chi connectivity index (χ3n) is 4.40. The van der Waals surface area contributed by atoms with Crippen LogP contribution in [0.5, 0.6) is 0 Å². The van der Waals surface area contributed by atoms with Crippen molar-refractivity contribution in [3.05, 3.63) is 57.8 Å². The maximum absolute atomic E-state index is 12.3. The van der Waals surface area contributed by atoms with Gasteiger partial charge in [0.25, 0.3) is 0 Å². The highest BCUT2D eigenvalue weighted by molar-refractivity contribution is 6.43. The maximum atomic E-state index is 12.3. The Balaban J connectivity index is 1.46. The van der Waals surface area contributed by atoms with Crippen LogP contribution in [0.4, 0.5) is 5.69 Å². The van der Waals surface area contributed by atoms with E-state index in [0.717, 1.165) is 32.7 Å². The second-order valence-corrected chi connectivity index (χ2v) is 7.36. The summed E-state index contributed by atoms with van der Waals surface area (Å²) in [5.74, 6) is -0.0782. The van der Waals surface area contributed by atoms with Crippen molar-refractivity contribution in [2.24, 2.45) is 0 Å². The van der Waals surface area contributed by atoms with Gasteiger partial charge in [0.1, 0.15) is 0 Å². The molecule has 1 aromatic heterocycles. The standard InChI is InChI=1S/C19H22Cl2N4O/c1-14-9-15(11-22-10-14)12-24-5-7-25(8-6-24)13-18(26)23-17-4-2-3-16(20)19(17)21/h2-4,9-11H,5-8,12-13H2,1H3,(H,23,26). The predicted octanol–water partition coefficient (Wildman–Crippen LogP) is 3.45. The molecule has 1 fully saturated rings. The predicted molar refractivity (Wildman–Crippen MR) is 106 cm³/mol. The molecule has 26 heavy (non-hydrogen) atoms. The molecule has 138 valence electrons. The van der Waals surface area contributed by atoms with Crippen molar-refractivity contribution in [1.29, 1.82) is 0 Å². The van der Waals surface area contributed by atoms with E-state index in [-0.39, 0.29) is 5.91 Å². The summed E-state index contributed by atoms with van der Waals surface area (Å²) in [6, 6.07) is 7.38. The number of aryl methyl sites for hydroxylation is 1. The van der Waals surface area contributed by atoms with Crippen molar-refractivity contribution < 1.29 is 4.79 Å². The van der Waals surface area contributed by atoms with Gasteiger partial charge in [-0.3, -0.25) is 19.6 Å². The lowest BCUT2D eigenvalue weighted by molar-refractivity contribution is -0.117. The largest absolute Gasteiger partial charge is 0.324 e. The first-order chi connectivity index (χ1) is 12.5. The molecule has 2 aromatic rings. The van der Waals surface area contributed by atoms with E-state index in [9.17, 15) is 4.79 Å². The van der Waals surface area contributed by atoms with Crippen LogP contribution in [0.25, 0.3) is 0 Å². The quantitative estimate of drug-likeness (QED) is 0.846. The summed E-state index contributed by atoms with van der Waals surface area (Å²) in [4.78, 5) is 21.1. The van der Waals surface area contributed by atoms with E-state index in [1.54, 1.807) is 18.2 Å². The van der Waals surface area contributed by atoms with Crippen molar-refractivity contribution >= 4 is 34.8 Å². The van der Waals surface area contributed by atoms with Crippen LogP contribution in [0.1, 0.15) is 11.1 Å². The van der Waals surface area contributed by atoms with E-state index < -0.39 is 0 Å². The lowest BCUT2D eigenvalue weighted by atomic mass is 10.2. The molecule has 1 aliphatic rings. The van der Waals surface area contributed by atoms with Crippen LogP contribution in [0.2, 0.25) is 10.0 Å². The summed E-state index contributed by atoms with van der Waals surface area (Å²) >= 11 is 12.1. The fourth-order valence-electron chi connectivity index (χ4n) is 3.06. The Hall–Kier alpha value is -1.66. The average Bonchev–Trinajstić information content (AvgIpc) is 2.61. The summed E-state index contributed by atoms with van der Waals surface area (Å²) in [7, 11) is 0. The Morgan fingerprint density at radius 1 is 1.15 bits per heavy atom. The molecule has 3 rings (SSSR count). The van der Waals surface area contributed by atoms with E-state index in [1.807, 2.05) is 12.4 Å². The van der Waals surface area contributed by atoms with Crippen LogP contribution >= 0.6 is 23.2 Å². The molecular formula is C19H22Cl2N4O. The van der Waals surface area contributed by atoms with Gasteiger partial charge in [-0.15, -0.1) is 0 Å². The van der Waals surface area contributed by atoms with Gasteiger partial charge in [0, 0.05) is 45.1 Å². The van der Waals surface area contributed by atoms with Gasteiger partial charge in [-0.2, -0.15) is 0 Å². The van der Waals surface area contributed by atoms with Gasteiger partial charge in [-0.05, 0) is 30.2 Å². The first-order valence-electron chi connectivity index (χ1n) is 8.60. The highest BCUT2D eigenvalue weighted by atomic mass is 35.5. The van der Waals surface area contributed by atoms with E-state index in [4.69, 9.17) is 23.2 Å². The Morgan fingerprint density at radius 3 is 2.62 bits per heavy atom. The third-order valence-corrected chi connectivity index (χ3v) is 5.21. The smallest absolute Gasteiger partial charge is 0.238 e. The molecule has 0 bridgehead atoms. The topological polar surface area (TPSA) is 48.5 Å². The number of hydrogen-bond acceptors (Lipinski definition) is 4. The Labute approximate surface area is 163 Å². The minimum absolute atomic E-state index is 0.0782. The van der Waals surface area contributed by atoms with Crippen LogP contribution in [0.3, 0.4) is 0 Å². The average molecular weight is 393 g/mol. The summed E-state index contributed by atoms with van der Waals surface area (Å²) in [5, 5.41) is 3.64. The number of amides is 1. The minimum atomic E-state index is -0.0782. The Morgan fingerprint density at radius 2 is 1.88 bits per heavy atom. The van der Waals surface area contributed by atoms with Gasteiger partial charge in [0.15, 0.2) is 0 Å². The second kappa shape index (κ2) is 8.82. The van der Waals surface area contributed by atoms with E-state index in [0.29, 0.717) is 22.3 Å². The van der Waals surface area contributed by atoms with Gasteiger partial charge in [-0.25, -0.2) is 0 Å². The maximum Gasteiger partial charge on any atom is 0.238 e. The van der Waals surface area contributed by atoms with Crippen LogP contribution < -0.4 is 5.32 Å². The summed E-state index contributed by atoms with van der Waals surface area (Å²) in [5.41, 5.74) is 2.96. The van der Waals surface area contributed by atoms with Crippen molar-refractivity contribution in [3.63, 3.8) is 0 Å². The van der Waals surface area contributed by atoms with Gasteiger partial charge in [0.2, 0.25) is 5.91 Å². The molecule has 0 unspecified atom stereocenters. The van der Waals surface area contributed by atoms with E-state index >= 15 is 0 Å². The molecule has 2 heterocycles. The molecule has 5 nitrogen and oxygen atoms in total. The summed E-state index contributed by atoms with van der Waals surface area (Å²) in [6.45, 7) is 6.87. The molecule has 0 aliphatic carbocycles. The highest BCUT2D eigenvalue weighted by Gasteiger charge is 2.19. The number of benzene rings is 1. The number of anilines is 1. The van der Waals surface area contributed by atoms with Gasteiger partial charge < -0.3 is 5.32 Å². The van der Waals surface area contributed by atoms with E-state index in [2.05, 4.69) is 33.1 Å². The SMILES string of the molecule is Cc1cncc(CN2CCN(CC(=O)Nc3cccc(Cl)c3Cl)CC2)c1. The number of carbonyl (C=O) groups excluding carboxylic acids is 1. The molecule has 7 heteroatoms. The minimum Gasteiger partial charge on any atom is -0.324 e. The highest BCUT2D eigenvalue weighted by Crippen LogP contribution is 2.29. The number of halogens is 2. The van der Waals surface area contributed by atoms with Crippen LogP contribution in [0.15, 0.2) is 36.7 Å². The first-order valence-corrected chi connectivity index (χ1v) is 9.36. The summed E-state index contributed by atoms with van der Waals surface area (Å²) in [6.07, 6.45) is 3.79. The number of pyridine rings is 1. The second-order valence-electron chi connectivity index (χ2n) is 6.57. The molecule has 1 aromatic carbocycles. The number of nitrogens with zero attached hydrogens (tertiary/aromatic N) is 3. The molecule has 1 N–H and O–H groups in total. The van der Waals surface area contributed by atoms with Crippen molar-refractivity contribution in [3.8, 4) is 0 Å². The molecule has 0 saturated carbocycles. The molecule has 0 atom stereocenters. The number of hydrogen-bond donors (Lipinski definition) is 1. The van der Waals surface area contributed by atoms with Crippen LogP contribution in [0, 0.1) is 6.92 Å². The molecular weight excluding hydrogens is 371 g/mol. The molecule has 1 saturated heterocycles. The Kier molecular flexibility index (Phi) is 6.48. The van der Waals surface area contributed by atoms with Crippen molar-refractivity contribution in [2.45, 2.75) is 13.5 Å². The fourth-order valence-corrected chi connectivity index (χ4v) is 3.41. The fraction of sp³-hybridized carbons (Fsp3) is 0.368. The van der Waals surface area contributed by atoms with Gasteiger partial charge in [-0.1, -0.05) is 35.3 Å². The third kappa shape index (κ3) is 5.17. The summed E-state index contributed by atoms with van der Waals surface area (Å²) < 4.78 is 0.